The summed E-state index contributed by atoms with van der Waals surface area (Å²) in [4.78, 5) is 2.47. The Morgan fingerprint density at radius 3 is 2.82 bits per heavy atom. The molecule has 0 spiro atoms. The maximum Gasteiger partial charge on any atom is 0.0417 e. The van der Waals surface area contributed by atoms with Gasteiger partial charge in [0.05, 0.1) is 0 Å². The number of anilines is 1. The van der Waals surface area contributed by atoms with E-state index in [1.54, 1.807) is 0 Å². The van der Waals surface area contributed by atoms with Crippen LogP contribution in [0.25, 0.3) is 0 Å². The minimum Gasteiger partial charge on any atom is -0.369 e. The topological polar surface area (TPSA) is 29.3 Å². The van der Waals surface area contributed by atoms with Gasteiger partial charge in [-0.15, -0.1) is 0 Å². The Kier molecular flexibility index (Phi) is 3.95. The van der Waals surface area contributed by atoms with Crippen molar-refractivity contribution in [3.8, 4) is 0 Å². The zero-order chi connectivity index (χ0) is 12.4. The highest BCUT2D eigenvalue weighted by Gasteiger charge is 2.21. The molecule has 2 N–H and O–H groups in total. The van der Waals surface area contributed by atoms with E-state index in [-0.39, 0.29) is 6.04 Å². The number of hydrogen-bond donors (Lipinski definition) is 1. The lowest BCUT2D eigenvalue weighted by Crippen LogP contribution is -2.38. The van der Waals surface area contributed by atoms with E-state index in [4.69, 9.17) is 17.3 Å². The fourth-order valence-corrected chi connectivity index (χ4v) is 2.79. The molecular formula is C14H21ClN2. The molecule has 2 rings (SSSR count). The van der Waals surface area contributed by atoms with Gasteiger partial charge in [-0.25, -0.2) is 0 Å². The third-order valence-electron chi connectivity index (χ3n) is 3.59. The second kappa shape index (κ2) is 5.28. The van der Waals surface area contributed by atoms with Crippen molar-refractivity contribution >= 4 is 17.3 Å². The van der Waals surface area contributed by atoms with Gasteiger partial charge < -0.3 is 10.6 Å². The smallest absolute Gasteiger partial charge is 0.0417 e. The fourth-order valence-electron chi connectivity index (χ4n) is 2.61. The van der Waals surface area contributed by atoms with Gasteiger partial charge >= 0.3 is 0 Å². The summed E-state index contributed by atoms with van der Waals surface area (Å²) < 4.78 is 0. The standard InChI is InChI=1S/C14H21ClN2/c1-10-5-3-4-8-17(10)14-7-6-12(15)9-13(14)11(2)16/h6-7,9-11H,3-5,8,16H2,1-2H3/t10-,11+/m0/s1. The van der Waals surface area contributed by atoms with Gasteiger partial charge in [-0.05, 0) is 56.9 Å². The van der Waals surface area contributed by atoms with Crippen molar-refractivity contribution in [2.75, 3.05) is 11.4 Å². The summed E-state index contributed by atoms with van der Waals surface area (Å²) in [5, 5.41) is 0.769. The van der Waals surface area contributed by atoms with Gasteiger partial charge in [-0.3, -0.25) is 0 Å². The monoisotopic (exact) mass is 252 g/mol. The van der Waals surface area contributed by atoms with Crippen LogP contribution in [-0.4, -0.2) is 12.6 Å². The molecule has 0 aromatic heterocycles. The van der Waals surface area contributed by atoms with Crippen LogP contribution in [0.15, 0.2) is 18.2 Å². The molecule has 1 aromatic rings. The molecule has 1 saturated heterocycles. The number of nitrogens with two attached hydrogens (primary N) is 1. The van der Waals surface area contributed by atoms with Crippen LogP contribution in [-0.2, 0) is 0 Å². The molecule has 1 aliphatic rings. The Labute approximate surface area is 109 Å². The molecule has 0 amide bonds. The van der Waals surface area contributed by atoms with Crippen LogP contribution < -0.4 is 10.6 Å². The molecule has 0 aliphatic carbocycles. The van der Waals surface area contributed by atoms with Crippen molar-refractivity contribution in [1.82, 2.24) is 0 Å². The van der Waals surface area contributed by atoms with Gasteiger partial charge in [0, 0.05) is 29.3 Å². The first-order chi connectivity index (χ1) is 8.09. The van der Waals surface area contributed by atoms with Gasteiger partial charge in [0.2, 0.25) is 0 Å². The van der Waals surface area contributed by atoms with Crippen LogP contribution in [0.1, 0.15) is 44.7 Å². The Morgan fingerprint density at radius 1 is 1.41 bits per heavy atom. The van der Waals surface area contributed by atoms with E-state index < -0.39 is 0 Å². The zero-order valence-corrected chi connectivity index (χ0v) is 11.4. The average Bonchev–Trinajstić information content (AvgIpc) is 2.30. The quantitative estimate of drug-likeness (QED) is 0.869. The summed E-state index contributed by atoms with van der Waals surface area (Å²) >= 11 is 6.06. The van der Waals surface area contributed by atoms with Gasteiger partial charge in [0.15, 0.2) is 0 Å². The van der Waals surface area contributed by atoms with E-state index >= 15 is 0 Å². The van der Waals surface area contributed by atoms with E-state index in [9.17, 15) is 0 Å². The Morgan fingerprint density at radius 2 is 2.18 bits per heavy atom. The van der Waals surface area contributed by atoms with Crippen LogP contribution in [0.5, 0.6) is 0 Å². The molecule has 94 valence electrons. The lowest BCUT2D eigenvalue weighted by molar-refractivity contribution is 0.483. The van der Waals surface area contributed by atoms with E-state index in [1.165, 1.54) is 24.9 Å². The van der Waals surface area contributed by atoms with Gasteiger partial charge in [-0.2, -0.15) is 0 Å². The highest BCUT2D eigenvalue weighted by molar-refractivity contribution is 6.30. The largest absolute Gasteiger partial charge is 0.369 e. The second-order valence-electron chi connectivity index (χ2n) is 5.03. The molecule has 2 atom stereocenters. The van der Waals surface area contributed by atoms with Gasteiger partial charge in [0.1, 0.15) is 0 Å². The number of halogens is 1. The number of hydrogen-bond acceptors (Lipinski definition) is 2. The van der Waals surface area contributed by atoms with E-state index in [0.29, 0.717) is 6.04 Å². The summed E-state index contributed by atoms with van der Waals surface area (Å²) in [6, 6.07) is 6.70. The summed E-state index contributed by atoms with van der Waals surface area (Å²) in [5.41, 5.74) is 8.47. The predicted octanol–water partition coefficient (Wildman–Crippen LogP) is 3.74. The van der Waals surface area contributed by atoms with E-state index in [2.05, 4.69) is 17.9 Å². The first-order valence-corrected chi connectivity index (χ1v) is 6.79. The Hall–Kier alpha value is -0.730. The molecule has 1 fully saturated rings. The van der Waals surface area contributed by atoms with Crippen LogP contribution >= 0.6 is 11.6 Å². The molecule has 1 heterocycles. The zero-order valence-electron chi connectivity index (χ0n) is 10.6. The first kappa shape index (κ1) is 12.7. The Balaban J connectivity index is 2.36. The van der Waals surface area contributed by atoms with Crippen molar-refractivity contribution in [3.63, 3.8) is 0 Å². The molecular weight excluding hydrogens is 232 g/mol. The number of piperidine rings is 1. The minimum absolute atomic E-state index is 0.0258. The summed E-state index contributed by atoms with van der Waals surface area (Å²) in [6.07, 6.45) is 3.87. The van der Waals surface area contributed by atoms with Crippen molar-refractivity contribution in [1.29, 1.82) is 0 Å². The second-order valence-corrected chi connectivity index (χ2v) is 5.47. The van der Waals surface area contributed by atoms with Crippen LogP contribution in [0, 0.1) is 0 Å². The highest BCUT2D eigenvalue weighted by atomic mass is 35.5. The molecule has 1 aromatic carbocycles. The molecule has 3 heteroatoms. The van der Waals surface area contributed by atoms with Crippen LogP contribution in [0.4, 0.5) is 5.69 Å². The third-order valence-corrected chi connectivity index (χ3v) is 3.83. The molecule has 2 nitrogen and oxygen atoms in total. The summed E-state index contributed by atoms with van der Waals surface area (Å²) in [6.45, 7) is 5.44. The SMILES string of the molecule is C[C@@H](N)c1cc(Cl)ccc1N1CCCC[C@@H]1C. The lowest BCUT2D eigenvalue weighted by atomic mass is 9.99. The summed E-state index contributed by atoms with van der Waals surface area (Å²) in [5.74, 6) is 0. The number of nitrogens with zero attached hydrogens (tertiary/aromatic N) is 1. The average molecular weight is 253 g/mol. The van der Waals surface area contributed by atoms with Crippen molar-refractivity contribution < 1.29 is 0 Å². The molecule has 0 bridgehead atoms. The molecule has 0 saturated carbocycles. The lowest BCUT2D eigenvalue weighted by Gasteiger charge is -2.37. The first-order valence-electron chi connectivity index (χ1n) is 6.41. The van der Waals surface area contributed by atoms with Crippen LogP contribution in [0.2, 0.25) is 5.02 Å². The normalized spacial score (nSPS) is 22.6. The van der Waals surface area contributed by atoms with E-state index in [0.717, 1.165) is 17.1 Å². The van der Waals surface area contributed by atoms with Crippen molar-refractivity contribution in [2.45, 2.75) is 45.2 Å². The minimum atomic E-state index is 0.0258. The summed E-state index contributed by atoms with van der Waals surface area (Å²) in [7, 11) is 0. The highest BCUT2D eigenvalue weighted by Crippen LogP contribution is 2.32. The number of benzene rings is 1. The van der Waals surface area contributed by atoms with Crippen molar-refractivity contribution in [3.05, 3.63) is 28.8 Å². The maximum atomic E-state index is 6.06. The maximum absolute atomic E-state index is 6.06. The number of rotatable bonds is 2. The van der Waals surface area contributed by atoms with Crippen LogP contribution in [0.3, 0.4) is 0 Å². The molecule has 0 radical (unpaired) electrons. The predicted molar refractivity (Wildman–Crippen MR) is 74.7 cm³/mol. The van der Waals surface area contributed by atoms with E-state index in [1.807, 2.05) is 19.1 Å². The molecule has 1 aliphatic heterocycles. The Bertz CT molecular complexity index is 390. The fraction of sp³-hybridized carbons (Fsp3) is 0.571. The molecule has 17 heavy (non-hydrogen) atoms. The van der Waals surface area contributed by atoms with Crippen molar-refractivity contribution in [2.24, 2.45) is 5.73 Å². The van der Waals surface area contributed by atoms with Gasteiger partial charge in [0.25, 0.3) is 0 Å². The van der Waals surface area contributed by atoms with Gasteiger partial charge in [-0.1, -0.05) is 11.6 Å². The third kappa shape index (κ3) is 2.75. The molecule has 0 unspecified atom stereocenters.